The molecule has 0 spiro atoms. The topological polar surface area (TPSA) is 89.9 Å². The molecule has 1 saturated carbocycles. The third-order valence-electron chi connectivity index (χ3n) is 8.95. The summed E-state index contributed by atoms with van der Waals surface area (Å²) in [7, 11) is 0. The van der Waals surface area contributed by atoms with E-state index in [9.17, 15) is 19.5 Å². The molecule has 0 aromatic heterocycles. The first-order chi connectivity index (χ1) is 16.7. The average Bonchev–Trinajstić information content (AvgIpc) is 3.16. The second-order valence-electron chi connectivity index (χ2n) is 11.1. The summed E-state index contributed by atoms with van der Waals surface area (Å²) in [6.07, 6.45) is 11.9. The minimum atomic E-state index is -0.476. The molecule has 0 aromatic rings. The van der Waals surface area contributed by atoms with Crippen molar-refractivity contribution < 1.29 is 29.0 Å². The van der Waals surface area contributed by atoms with Gasteiger partial charge in [-0.05, 0) is 74.5 Å². The fraction of sp³-hybridized carbons (Fsp3) is 0.690. The van der Waals surface area contributed by atoms with Gasteiger partial charge in [0, 0.05) is 17.9 Å². The molecule has 0 amide bonds. The SMILES string of the molecule is CCCCCOCC(=O)[C@H]1CC[C@H]2C3=C(C(OC(=O)CCO)C[C@]12C)[C@@]1(C)C=CC(=O)C=C1CC3. The molecular weight excluding hydrogens is 444 g/mol. The summed E-state index contributed by atoms with van der Waals surface area (Å²) >= 11 is 0. The van der Waals surface area contributed by atoms with Gasteiger partial charge in [0.2, 0.25) is 0 Å². The van der Waals surface area contributed by atoms with Crippen LogP contribution in [0.15, 0.2) is 34.9 Å². The largest absolute Gasteiger partial charge is 0.458 e. The first-order valence-electron chi connectivity index (χ1n) is 13.3. The number of carbonyl (C=O) groups excluding carboxylic acids is 3. The summed E-state index contributed by atoms with van der Waals surface area (Å²) in [4.78, 5) is 38.0. The molecule has 4 rings (SSSR count). The van der Waals surface area contributed by atoms with Gasteiger partial charge in [0.1, 0.15) is 12.7 Å². The molecule has 0 aromatic carbocycles. The normalized spacial score (nSPS) is 33.7. The Morgan fingerprint density at radius 1 is 1.17 bits per heavy atom. The summed E-state index contributed by atoms with van der Waals surface area (Å²) < 4.78 is 11.8. The zero-order valence-electron chi connectivity index (χ0n) is 21.4. The van der Waals surface area contributed by atoms with Crippen LogP contribution in [0.1, 0.15) is 78.6 Å². The van der Waals surface area contributed by atoms with E-state index in [2.05, 4.69) is 20.8 Å². The lowest BCUT2D eigenvalue weighted by Gasteiger charge is -2.52. The van der Waals surface area contributed by atoms with Gasteiger partial charge in [0.15, 0.2) is 11.6 Å². The zero-order valence-corrected chi connectivity index (χ0v) is 21.4. The monoisotopic (exact) mass is 484 g/mol. The van der Waals surface area contributed by atoms with Crippen molar-refractivity contribution >= 4 is 17.5 Å². The fourth-order valence-electron chi connectivity index (χ4n) is 7.22. The average molecular weight is 485 g/mol. The lowest BCUT2D eigenvalue weighted by molar-refractivity contribution is -0.151. The summed E-state index contributed by atoms with van der Waals surface area (Å²) in [5, 5.41) is 9.29. The molecule has 192 valence electrons. The number of carbonyl (C=O) groups is 3. The quantitative estimate of drug-likeness (QED) is 0.276. The summed E-state index contributed by atoms with van der Waals surface area (Å²) in [6.45, 7) is 6.95. The summed E-state index contributed by atoms with van der Waals surface area (Å²) in [5.74, 6) is -0.144. The molecule has 0 aliphatic heterocycles. The highest BCUT2D eigenvalue weighted by atomic mass is 16.5. The van der Waals surface area contributed by atoms with E-state index < -0.39 is 17.5 Å². The Labute approximate surface area is 208 Å². The van der Waals surface area contributed by atoms with Crippen molar-refractivity contribution in [2.24, 2.45) is 22.7 Å². The third-order valence-corrected chi connectivity index (χ3v) is 8.95. The number of unbranched alkanes of at least 4 members (excludes halogenated alkanes) is 2. The molecule has 5 atom stereocenters. The number of hydrogen-bond acceptors (Lipinski definition) is 6. The molecule has 1 fully saturated rings. The van der Waals surface area contributed by atoms with Gasteiger partial charge in [-0.3, -0.25) is 14.4 Å². The molecule has 6 nitrogen and oxygen atoms in total. The number of allylic oxidation sites excluding steroid dienone is 5. The third kappa shape index (κ3) is 4.84. The van der Waals surface area contributed by atoms with Crippen molar-refractivity contribution in [3.05, 3.63) is 34.9 Å². The van der Waals surface area contributed by atoms with Gasteiger partial charge < -0.3 is 14.6 Å². The highest BCUT2D eigenvalue weighted by molar-refractivity contribution is 6.01. The molecule has 0 saturated heterocycles. The number of hydrogen-bond donors (Lipinski definition) is 1. The lowest BCUT2D eigenvalue weighted by atomic mass is 9.53. The van der Waals surface area contributed by atoms with Crippen LogP contribution >= 0.6 is 0 Å². The van der Waals surface area contributed by atoms with Gasteiger partial charge in [0.25, 0.3) is 0 Å². The van der Waals surface area contributed by atoms with Gasteiger partial charge in [0.05, 0.1) is 13.0 Å². The van der Waals surface area contributed by atoms with Crippen LogP contribution in [0.2, 0.25) is 0 Å². The van der Waals surface area contributed by atoms with Crippen molar-refractivity contribution in [2.75, 3.05) is 19.8 Å². The maximum atomic E-state index is 13.3. The molecule has 6 heteroatoms. The minimum Gasteiger partial charge on any atom is -0.458 e. The Hall–Kier alpha value is -2.05. The van der Waals surface area contributed by atoms with E-state index in [1.54, 1.807) is 12.2 Å². The second kappa shape index (κ2) is 10.5. The van der Waals surface area contributed by atoms with Gasteiger partial charge in [-0.25, -0.2) is 0 Å². The van der Waals surface area contributed by atoms with Crippen LogP contribution in [-0.4, -0.2) is 48.6 Å². The number of aliphatic hydroxyl groups is 1. The Kier molecular flexibility index (Phi) is 7.82. The van der Waals surface area contributed by atoms with Crippen molar-refractivity contribution in [1.29, 1.82) is 0 Å². The summed E-state index contributed by atoms with van der Waals surface area (Å²) in [5.41, 5.74) is 2.70. The number of ether oxygens (including phenoxy) is 2. The van der Waals surface area contributed by atoms with Crippen LogP contribution in [-0.2, 0) is 23.9 Å². The molecule has 0 radical (unpaired) electrons. The predicted molar refractivity (Wildman–Crippen MR) is 132 cm³/mol. The Bertz CT molecular complexity index is 958. The Balaban J connectivity index is 1.64. The molecule has 1 N–H and O–H groups in total. The lowest BCUT2D eigenvalue weighted by Crippen LogP contribution is -2.48. The van der Waals surface area contributed by atoms with Crippen LogP contribution in [0, 0.1) is 22.7 Å². The van der Waals surface area contributed by atoms with Crippen LogP contribution in [0.4, 0.5) is 0 Å². The van der Waals surface area contributed by atoms with Gasteiger partial charge in [-0.15, -0.1) is 0 Å². The number of aliphatic hydroxyl groups excluding tert-OH is 1. The smallest absolute Gasteiger partial charge is 0.308 e. The highest BCUT2D eigenvalue weighted by Gasteiger charge is 2.58. The maximum absolute atomic E-state index is 13.3. The van der Waals surface area contributed by atoms with Gasteiger partial charge in [-0.2, -0.15) is 0 Å². The number of esters is 1. The van der Waals surface area contributed by atoms with E-state index in [1.165, 1.54) is 5.57 Å². The standard InChI is InChI=1S/C29H40O6/c1-4-5-6-15-34-18-24(32)23-10-9-22-21-8-7-19-16-20(31)11-13-28(19,2)27(21)25(17-29(22,23)3)35-26(33)12-14-30/h11,13,16,22-23,25,30H,4-10,12,14-15,17-18H2,1-3H3/t22-,23+,25?,28-,29-/m0/s1. The predicted octanol–water partition coefficient (Wildman–Crippen LogP) is 4.65. The highest BCUT2D eigenvalue weighted by Crippen LogP contribution is 2.64. The summed E-state index contributed by atoms with van der Waals surface area (Å²) in [6, 6.07) is 0. The molecule has 4 aliphatic rings. The molecule has 35 heavy (non-hydrogen) atoms. The Morgan fingerprint density at radius 3 is 2.71 bits per heavy atom. The first-order valence-corrected chi connectivity index (χ1v) is 13.3. The van der Waals surface area contributed by atoms with E-state index >= 15 is 0 Å². The first kappa shape index (κ1) is 26.0. The van der Waals surface area contributed by atoms with Crippen molar-refractivity contribution in [2.45, 2.75) is 84.7 Å². The van der Waals surface area contributed by atoms with Gasteiger partial charge >= 0.3 is 5.97 Å². The van der Waals surface area contributed by atoms with Crippen LogP contribution in [0.5, 0.6) is 0 Å². The van der Waals surface area contributed by atoms with Crippen LogP contribution in [0.3, 0.4) is 0 Å². The Morgan fingerprint density at radius 2 is 1.97 bits per heavy atom. The molecule has 0 bridgehead atoms. The van der Waals surface area contributed by atoms with Crippen LogP contribution in [0.25, 0.3) is 0 Å². The van der Waals surface area contributed by atoms with E-state index in [1.807, 2.05) is 6.08 Å². The second-order valence-corrected chi connectivity index (χ2v) is 11.1. The van der Waals surface area contributed by atoms with E-state index in [-0.39, 0.29) is 48.5 Å². The molecular formula is C29H40O6. The number of ketones is 2. The van der Waals surface area contributed by atoms with E-state index in [0.717, 1.165) is 56.1 Å². The fourth-order valence-corrected chi connectivity index (χ4v) is 7.22. The van der Waals surface area contributed by atoms with E-state index in [4.69, 9.17) is 9.47 Å². The van der Waals surface area contributed by atoms with Crippen molar-refractivity contribution in [1.82, 2.24) is 0 Å². The molecule has 1 unspecified atom stereocenters. The van der Waals surface area contributed by atoms with Gasteiger partial charge in [-0.1, -0.05) is 43.9 Å². The zero-order chi connectivity index (χ0) is 25.2. The van der Waals surface area contributed by atoms with Crippen molar-refractivity contribution in [3.8, 4) is 0 Å². The van der Waals surface area contributed by atoms with E-state index in [0.29, 0.717) is 13.0 Å². The van der Waals surface area contributed by atoms with Crippen LogP contribution < -0.4 is 0 Å². The maximum Gasteiger partial charge on any atom is 0.308 e. The minimum absolute atomic E-state index is 0.00135. The number of rotatable bonds is 10. The number of Topliss-reactive ketones (excluding diaryl/α,β-unsaturated/α-hetero) is 1. The number of fused-ring (bicyclic) bond motifs is 4. The molecule has 4 aliphatic carbocycles. The molecule has 0 heterocycles. The van der Waals surface area contributed by atoms with Crippen molar-refractivity contribution in [3.63, 3.8) is 0 Å².